The van der Waals surface area contributed by atoms with Gasteiger partial charge in [-0.1, -0.05) is 0 Å². The highest BCUT2D eigenvalue weighted by Crippen LogP contribution is 2.35. The number of nitrogens with one attached hydrogen (secondary N) is 1. The molecule has 0 saturated heterocycles. The van der Waals surface area contributed by atoms with Crippen molar-refractivity contribution in [2.45, 2.75) is 12.6 Å². The minimum absolute atomic E-state index is 0.411. The number of amides is 1. The fourth-order valence-corrected chi connectivity index (χ4v) is 1.27. The molecule has 1 aromatic carbocycles. The van der Waals surface area contributed by atoms with E-state index in [1.165, 1.54) is 12.1 Å². The van der Waals surface area contributed by atoms with E-state index in [1.54, 1.807) is 5.32 Å². The number of anilines is 1. The zero-order valence-corrected chi connectivity index (χ0v) is 9.18. The lowest BCUT2D eigenvalue weighted by Crippen LogP contribution is -2.16. The Labute approximate surface area is 104 Å². The first-order valence-electron chi connectivity index (χ1n) is 4.78. The highest BCUT2D eigenvalue weighted by atomic mass is 19.4. The molecule has 0 bridgehead atoms. The predicted molar refractivity (Wildman–Crippen MR) is 55.0 cm³/mol. The summed E-state index contributed by atoms with van der Waals surface area (Å²) in [6, 6.07) is 4.06. The number of alkyl halides is 3. The van der Waals surface area contributed by atoms with Gasteiger partial charge >= 0.3 is 6.18 Å². The number of carbonyl (C=O) groups is 1. The number of nitriles is 2. The third-order valence-corrected chi connectivity index (χ3v) is 2.07. The molecule has 0 heterocycles. The van der Waals surface area contributed by atoms with Gasteiger partial charge in [-0.05, 0) is 12.1 Å². The molecule has 98 valence electrons. The summed E-state index contributed by atoms with van der Waals surface area (Å²) >= 11 is 0. The molecule has 8 heteroatoms. The van der Waals surface area contributed by atoms with Crippen LogP contribution in [0.4, 0.5) is 23.2 Å². The SMILES string of the molecule is N#CCC(=O)Nc1c(C#N)ccc(C(F)(F)F)c1F. The first-order chi connectivity index (χ1) is 8.81. The first-order valence-corrected chi connectivity index (χ1v) is 4.78. The Morgan fingerprint density at radius 2 is 1.95 bits per heavy atom. The Hall–Kier alpha value is -2.61. The number of rotatable bonds is 2. The van der Waals surface area contributed by atoms with Crippen LogP contribution in [0.2, 0.25) is 0 Å². The second-order valence-electron chi connectivity index (χ2n) is 3.34. The van der Waals surface area contributed by atoms with Crippen LogP contribution in [0.1, 0.15) is 17.5 Å². The topological polar surface area (TPSA) is 76.7 Å². The van der Waals surface area contributed by atoms with Crippen LogP contribution in [0.3, 0.4) is 0 Å². The average Bonchev–Trinajstić information content (AvgIpc) is 2.30. The molecule has 0 saturated carbocycles. The van der Waals surface area contributed by atoms with E-state index in [4.69, 9.17) is 10.5 Å². The molecule has 0 radical (unpaired) electrons. The van der Waals surface area contributed by atoms with Crippen LogP contribution in [0.25, 0.3) is 0 Å². The van der Waals surface area contributed by atoms with Gasteiger partial charge in [-0.3, -0.25) is 4.79 Å². The zero-order valence-electron chi connectivity index (χ0n) is 9.18. The molecule has 0 aliphatic carbocycles. The van der Waals surface area contributed by atoms with Gasteiger partial charge < -0.3 is 5.32 Å². The van der Waals surface area contributed by atoms with Crippen LogP contribution in [-0.2, 0) is 11.0 Å². The van der Waals surface area contributed by atoms with Gasteiger partial charge in [-0.25, -0.2) is 4.39 Å². The predicted octanol–water partition coefficient (Wildman–Crippen LogP) is 2.57. The number of halogens is 4. The molecule has 4 nitrogen and oxygen atoms in total. The molecule has 0 aliphatic heterocycles. The summed E-state index contributed by atoms with van der Waals surface area (Å²) in [5, 5.41) is 18.7. The maximum Gasteiger partial charge on any atom is 0.419 e. The van der Waals surface area contributed by atoms with E-state index < -0.39 is 41.1 Å². The van der Waals surface area contributed by atoms with Gasteiger partial charge in [0.05, 0.1) is 22.9 Å². The minimum atomic E-state index is -4.95. The van der Waals surface area contributed by atoms with Crippen LogP contribution in [0.15, 0.2) is 12.1 Å². The third-order valence-electron chi connectivity index (χ3n) is 2.07. The van der Waals surface area contributed by atoms with Crippen LogP contribution >= 0.6 is 0 Å². The van der Waals surface area contributed by atoms with Crippen molar-refractivity contribution in [3.8, 4) is 12.1 Å². The molecule has 0 unspecified atom stereocenters. The van der Waals surface area contributed by atoms with E-state index >= 15 is 0 Å². The van der Waals surface area contributed by atoms with Crippen LogP contribution in [0.5, 0.6) is 0 Å². The van der Waals surface area contributed by atoms with Crippen molar-refractivity contribution in [3.05, 3.63) is 29.1 Å². The van der Waals surface area contributed by atoms with Crippen LogP contribution in [-0.4, -0.2) is 5.91 Å². The van der Waals surface area contributed by atoms with Crippen molar-refractivity contribution in [2.24, 2.45) is 0 Å². The molecule has 1 N–H and O–H groups in total. The number of benzene rings is 1. The maximum atomic E-state index is 13.6. The Morgan fingerprint density at radius 1 is 1.32 bits per heavy atom. The second kappa shape index (κ2) is 5.36. The normalized spacial score (nSPS) is 10.4. The molecule has 0 atom stereocenters. The molecule has 0 aromatic heterocycles. The molecule has 1 rings (SSSR count). The van der Waals surface area contributed by atoms with Gasteiger partial charge in [0.2, 0.25) is 5.91 Å². The summed E-state index contributed by atoms with van der Waals surface area (Å²) in [7, 11) is 0. The number of nitrogens with zero attached hydrogens (tertiary/aromatic N) is 2. The van der Waals surface area contributed by atoms with E-state index in [0.29, 0.717) is 6.07 Å². The van der Waals surface area contributed by atoms with Crippen molar-refractivity contribution in [3.63, 3.8) is 0 Å². The molecule has 0 spiro atoms. The van der Waals surface area contributed by atoms with E-state index in [0.717, 1.165) is 6.07 Å². The van der Waals surface area contributed by atoms with Crippen LogP contribution < -0.4 is 5.32 Å². The average molecular weight is 271 g/mol. The van der Waals surface area contributed by atoms with Crippen molar-refractivity contribution < 1.29 is 22.4 Å². The Bertz CT molecular complexity index is 596. The van der Waals surface area contributed by atoms with E-state index in [-0.39, 0.29) is 0 Å². The van der Waals surface area contributed by atoms with Gasteiger partial charge in [0.25, 0.3) is 0 Å². The Balaban J connectivity index is 3.32. The van der Waals surface area contributed by atoms with Crippen molar-refractivity contribution in [2.75, 3.05) is 5.32 Å². The van der Waals surface area contributed by atoms with Gasteiger partial charge in [-0.15, -0.1) is 0 Å². The standard InChI is InChI=1S/C11H5F4N3O/c12-9-7(11(13,14)15)2-1-6(5-17)10(9)18-8(19)3-4-16/h1-2H,3H2,(H,18,19). The fraction of sp³-hybridized carbons (Fsp3) is 0.182. The fourth-order valence-electron chi connectivity index (χ4n) is 1.27. The van der Waals surface area contributed by atoms with E-state index in [1.807, 2.05) is 0 Å². The van der Waals surface area contributed by atoms with E-state index in [2.05, 4.69) is 0 Å². The molecule has 19 heavy (non-hydrogen) atoms. The van der Waals surface area contributed by atoms with E-state index in [9.17, 15) is 22.4 Å². The third kappa shape index (κ3) is 3.19. The molecule has 1 amide bonds. The molecule has 0 aliphatic rings. The second-order valence-corrected chi connectivity index (χ2v) is 3.34. The number of hydrogen-bond acceptors (Lipinski definition) is 3. The van der Waals surface area contributed by atoms with Crippen LogP contribution in [0, 0.1) is 28.5 Å². The summed E-state index contributed by atoms with van der Waals surface area (Å²) in [5.41, 5.74) is -2.94. The smallest absolute Gasteiger partial charge is 0.322 e. The summed E-state index contributed by atoms with van der Waals surface area (Å²) in [5.74, 6) is -2.75. The first kappa shape index (κ1) is 14.5. The zero-order chi connectivity index (χ0) is 14.6. The lowest BCUT2D eigenvalue weighted by Gasteiger charge is -2.12. The monoisotopic (exact) mass is 271 g/mol. The van der Waals surface area contributed by atoms with Crippen molar-refractivity contribution in [1.29, 1.82) is 10.5 Å². The Kier molecular flexibility index (Phi) is 4.07. The number of hydrogen-bond donors (Lipinski definition) is 1. The largest absolute Gasteiger partial charge is 0.419 e. The quantitative estimate of drug-likeness (QED) is 0.840. The van der Waals surface area contributed by atoms with Gasteiger partial charge in [-0.2, -0.15) is 23.7 Å². The van der Waals surface area contributed by atoms with Gasteiger partial charge in [0.1, 0.15) is 12.5 Å². The highest BCUT2D eigenvalue weighted by Gasteiger charge is 2.36. The number of carbonyl (C=O) groups excluding carboxylic acids is 1. The summed E-state index contributed by atoms with van der Waals surface area (Å²) in [4.78, 5) is 11.1. The molecule has 0 fully saturated rings. The maximum absolute atomic E-state index is 13.6. The Morgan fingerprint density at radius 3 is 2.42 bits per heavy atom. The van der Waals surface area contributed by atoms with Crippen molar-refractivity contribution in [1.82, 2.24) is 0 Å². The summed E-state index contributed by atoms with van der Waals surface area (Å²) in [6.45, 7) is 0. The lowest BCUT2D eigenvalue weighted by atomic mass is 10.1. The minimum Gasteiger partial charge on any atom is -0.322 e. The van der Waals surface area contributed by atoms with Gasteiger partial charge in [0.15, 0.2) is 5.82 Å². The summed E-state index contributed by atoms with van der Waals surface area (Å²) in [6.07, 6.45) is -5.62. The highest BCUT2D eigenvalue weighted by molar-refractivity contribution is 5.93. The molecular weight excluding hydrogens is 266 g/mol. The van der Waals surface area contributed by atoms with Crippen molar-refractivity contribution >= 4 is 11.6 Å². The molecule has 1 aromatic rings. The summed E-state index contributed by atoms with van der Waals surface area (Å²) < 4.78 is 51.0. The molecular formula is C11H5F4N3O. The lowest BCUT2D eigenvalue weighted by molar-refractivity contribution is -0.140. The van der Waals surface area contributed by atoms with Gasteiger partial charge in [0, 0.05) is 0 Å².